The van der Waals surface area contributed by atoms with Crippen molar-refractivity contribution in [3.8, 4) is 0 Å². The standard InChI is InChI=1S/C8H13NO3/c1-8(3-2-4-8)9-6(10)5-7(11)12/h2-5H2,1H3,(H,9,10)(H,11,12). The van der Waals surface area contributed by atoms with Crippen molar-refractivity contribution in [3.05, 3.63) is 0 Å². The molecular formula is C8H13NO3. The minimum atomic E-state index is -1.07. The van der Waals surface area contributed by atoms with Crippen LogP contribution in [-0.4, -0.2) is 22.5 Å². The minimum Gasteiger partial charge on any atom is -0.481 e. The molecule has 2 N–H and O–H groups in total. The number of carbonyl (C=O) groups excluding carboxylic acids is 1. The van der Waals surface area contributed by atoms with Crippen molar-refractivity contribution in [1.29, 1.82) is 0 Å². The Morgan fingerprint density at radius 2 is 2.08 bits per heavy atom. The molecule has 0 atom stereocenters. The quantitative estimate of drug-likeness (QED) is 0.608. The van der Waals surface area contributed by atoms with E-state index in [1.54, 1.807) is 0 Å². The highest BCUT2D eigenvalue weighted by molar-refractivity contribution is 5.93. The number of hydrogen-bond donors (Lipinski definition) is 2. The first kappa shape index (κ1) is 9.03. The smallest absolute Gasteiger partial charge is 0.312 e. The van der Waals surface area contributed by atoms with Crippen LogP contribution in [0.1, 0.15) is 32.6 Å². The van der Waals surface area contributed by atoms with E-state index in [1.807, 2.05) is 6.92 Å². The third kappa shape index (κ3) is 2.22. The maximum atomic E-state index is 11.0. The van der Waals surface area contributed by atoms with Gasteiger partial charge in [-0.25, -0.2) is 0 Å². The van der Waals surface area contributed by atoms with Crippen molar-refractivity contribution in [3.63, 3.8) is 0 Å². The zero-order valence-electron chi connectivity index (χ0n) is 7.09. The summed E-state index contributed by atoms with van der Waals surface area (Å²) in [5.41, 5.74) is -0.132. The first-order valence-electron chi connectivity index (χ1n) is 4.05. The topological polar surface area (TPSA) is 66.4 Å². The van der Waals surface area contributed by atoms with E-state index in [9.17, 15) is 9.59 Å². The van der Waals surface area contributed by atoms with E-state index in [2.05, 4.69) is 5.32 Å². The number of rotatable bonds is 3. The molecule has 0 radical (unpaired) electrons. The van der Waals surface area contributed by atoms with Crippen LogP contribution in [0.15, 0.2) is 0 Å². The van der Waals surface area contributed by atoms with Gasteiger partial charge in [-0.2, -0.15) is 0 Å². The number of nitrogens with one attached hydrogen (secondary N) is 1. The number of hydrogen-bond acceptors (Lipinski definition) is 2. The fraction of sp³-hybridized carbons (Fsp3) is 0.750. The number of carboxylic acids is 1. The van der Waals surface area contributed by atoms with E-state index in [4.69, 9.17) is 5.11 Å². The third-order valence-electron chi connectivity index (χ3n) is 2.21. The lowest BCUT2D eigenvalue weighted by atomic mass is 9.78. The van der Waals surface area contributed by atoms with Crippen LogP contribution in [0.2, 0.25) is 0 Å². The molecule has 0 aliphatic heterocycles. The fourth-order valence-corrected chi connectivity index (χ4v) is 1.35. The van der Waals surface area contributed by atoms with E-state index < -0.39 is 12.4 Å². The summed E-state index contributed by atoms with van der Waals surface area (Å²) in [6.07, 6.45) is 2.61. The first-order chi connectivity index (χ1) is 5.52. The molecule has 0 saturated heterocycles. The molecule has 68 valence electrons. The van der Waals surface area contributed by atoms with Crippen LogP contribution in [0.5, 0.6) is 0 Å². The second-order valence-electron chi connectivity index (χ2n) is 3.53. The average Bonchev–Trinajstić information content (AvgIpc) is 1.81. The second-order valence-corrected chi connectivity index (χ2v) is 3.53. The van der Waals surface area contributed by atoms with Gasteiger partial charge in [-0.15, -0.1) is 0 Å². The van der Waals surface area contributed by atoms with E-state index in [-0.39, 0.29) is 11.4 Å². The van der Waals surface area contributed by atoms with Gasteiger partial charge in [0.25, 0.3) is 0 Å². The molecule has 1 fully saturated rings. The Morgan fingerprint density at radius 1 is 1.50 bits per heavy atom. The molecule has 0 unspecified atom stereocenters. The van der Waals surface area contributed by atoms with Gasteiger partial charge in [0.1, 0.15) is 6.42 Å². The molecule has 0 heterocycles. The highest BCUT2D eigenvalue weighted by atomic mass is 16.4. The van der Waals surface area contributed by atoms with Gasteiger partial charge in [0.15, 0.2) is 0 Å². The average molecular weight is 171 g/mol. The molecule has 0 aromatic rings. The Kier molecular flexibility index (Phi) is 2.35. The molecule has 4 nitrogen and oxygen atoms in total. The van der Waals surface area contributed by atoms with Gasteiger partial charge in [-0.3, -0.25) is 9.59 Å². The highest BCUT2D eigenvalue weighted by Crippen LogP contribution is 2.30. The molecule has 4 heteroatoms. The second kappa shape index (κ2) is 3.13. The summed E-state index contributed by atoms with van der Waals surface area (Å²) in [6.45, 7) is 1.94. The Hall–Kier alpha value is -1.06. The van der Waals surface area contributed by atoms with Crippen LogP contribution >= 0.6 is 0 Å². The van der Waals surface area contributed by atoms with Crippen molar-refractivity contribution in [2.45, 2.75) is 38.1 Å². The zero-order chi connectivity index (χ0) is 9.19. The molecule has 12 heavy (non-hydrogen) atoms. The molecule has 1 amide bonds. The van der Waals surface area contributed by atoms with Crippen molar-refractivity contribution in [1.82, 2.24) is 5.32 Å². The third-order valence-corrected chi connectivity index (χ3v) is 2.21. The lowest BCUT2D eigenvalue weighted by molar-refractivity contribution is -0.141. The van der Waals surface area contributed by atoms with Crippen LogP contribution in [0.4, 0.5) is 0 Å². The zero-order valence-corrected chi connectivity index (χ0v) is 7.09. The van der Waals surface area contributed by atoms with Gasteiger partial charge in [0.2, 0.25) is 5.91 Å². The van der Waals surface area contributed by atoms with Crippen molar-refractivity contribution < 1.29 is 14.7 Å². The summed E-state index contributed by atoms with van der Waals surface area (Å²) in [4.78, 5) is 21.1. The SMILES string of the molecule is CC1(NC(=O)CC(=O)O)CCC1. The summed E-state index contributed by atoms with van der Waals surface area (Å²) < 4.78 is 0. The Balaban J connectivity index is 2.30. The monoisotopic (exact) mass is 171 g/mol. The van der Waals surface area contributed by atoms with Crippen LogP contribution in [0, 0.1) is 0 Å². The number of carbonyl (C=O) groups is 2. The van der Waals surface area contributed by atoms with E-state index in [0.717, 1.165) is 19.3 Å². The molecule has 1 rings (SSSR count). The Bertz CT molecular complexity index is 208. The maximum absolute atomic E-state index is 11.0. The predicted molar refractivity (Wildman–Crippen MR) is 42.7 cm³/mol. The van der Waals surface area contributed by atoms with Gasteiger partial charge in [0.05, 0.1) is 0 Å². The molecular weight excluding hydrogens is 158 g/mol. The molecule has 1 aliphatic carbocycles. The molecule has 1 saturated carbocycles. The van der Waals surface area contributed by atoms with Crippen LogP contribution in [0.3, 0.4) is 0 Å². The number of amides is 1. The van der Waals surface area contributed by atoms with Crippen LogP contribution in [-0.2, 0) is 9.59 Å². The summed E-state index contributed by atoms with van der Waals surface area (Å²) in [7, 11) is 0. The first-order valence-corrected chi connectivity index (χ1v) is 4.05. The Morgan fingerprint density at radius 3 is 2.42 bits per heavy atom. The lowest BCUT2D eigenvalue weighted by Gasteiger charge is -2.39. The summed E-state index contributed by atoms with van der Waals surface area (Å²) >= 11 is 0. The van der Waals surface area contributed by atoms with Crippen LogP contribution < -0.4 is 5.32 Å². The number of aliphatic carboxylic acids is 1. The van der Waals surface area contributed by atoms with Gasteiger partial charge >= 0.3 is 5.97 Å². The highest BCUT2D eigenvalue weighted by Gasteiger charge is 2.33. The van der Waals surface area contributed by atoms with E-state index in [0.29, 0.717) is 0 Å². The van der Waals surface area contributed by atoms with Gasteiger partial charge in [-0.05, 0) is 26.2 Å². The molecule has 0 bridgehead atoms. The fourth-order valence-electron chi connectivity index (χ4n) is 1.35. The van der Waals surface area contributed by atoms with Crippen molar-refractivity contribution in [2.75, 3.05) is 0 Å². The summed E-state index contributed by atoms with van der Waals surface area (Å²) in [5, 5.41) is 11.0. The molecule has 0 aromatic carbocycles. The summed E-state index contributed by atoms with van der Waals surface area (Å²) in [6, 6.07) is 0. The lowest BCUT2D eigenvalue weighted by Crippen LogP contribution is -2.51. The predicted octanol–water partition coefficient (Wildman–Crippen LogP) is 0.520. The molecule has 0 spiro atoms. The minimum absolute atomic E-state index is 0.132. The van der Waals surface area contributed by atoms with E-state index >= 15 is 0 Å². The van der Waals surface area contributed by atoms with Gasteiger partial charge in [0, 0.05) is 5.54 Å². The number of carboxylic acid groups (broad SMARTS) is 1. The Labute approximate surface area is 71.0 Å². The molecule has 0 aromatic heterocycles. The van der Waals surface area contributed by atoms with Gasteiger partial charge in [-0.1, -0.05) is 0 Å². The maximum Gasteiger partial charge on any atom is 0.312 e. The van der Waals surface area contributed by atoms with Crippen molar-refractivity contribution >= 4 is 11.9 Å². The van der Waals surface area contributed by atoms with Crippen LogP contribution in [0.25, 0.3) is 0 Å². The van der Waals surface area contributed by atoms with Crippen molar-refractivity contribution in [2.24, 2.45) is 0 Å². The van der Waals surface area contributed by atoms with E-state index in [1.165, 1.54) is 0 Å². The van der Waals surface area contributed by atoms with Gasteiger partial charge < -0.3 is 10.4 Å². The normalized spacial score (nSPS) is 19.4. The molecule has 1 aliphatic rings. The largest absolute Gasteiger partial charge is 0.481 e. The summed E-state index contributed by atoms with van der Waals surface area (Å²) in [5.74, 6) is -1.46.